The molecule has 1 aliphatic rings. The first-order valence-corrected chi connectivity index (χ1v) is 11.1. The molecule has 0 amide bonds. The van der Waals surface area contributed by atoms with Crippen LogP contribution in [-0.4, -0.2) is 33.7 Å². The fourth-order valence-electron chi connectivity index (χ4n) is 4.49. The summed E-state index contributed by atoms with van der Waals surface area (Å²) in [6.07, 6.45) is 2.94. The summed E-state index contributed by atoms with van der Waals surface area (Å²) in [6.45, 7) is 5.46. The highest BCUT2D eigenvalue weighted by Gasteiger charge is 2.16. The predicted molar refractivity (Wildman–Crippen MR) is 125 cm³/mol. The van der Waals surface area contributed by atoms with Gasteiger partial charge in [0.15, 0.2) is 5.78 Å². The van der Waals surface area contributed by atoms with E-state index in [9.17, 15) is 4.79 Å². The average molecular weight is 410 g/mol. The molecular formula is C27H27N3O. The minimum absolute atomic E-state index is 0.138. The minimum atomic E-state index is 0.138. The number of hydrogen-bond acceptors (Lipinski definition) is 3. The number of aromatic amines is 1. The zero-order chi connectivity index (χ0) is 21.2. The van der Waals surface area contributed by atoms with Gasteiger partial charge in [-0.05, 0) is 67.7 Å². The van der Waals surface area contributed by atoms with Crippen molar-refractivity contribution in [3.05, 3.63) is 89.0 Å². The number of aryl methyl sites for hydroxylation is 1. The van der Waals surface area contributed by atoms with E-state index in [4.69, 9.17) is 4.98 Å². The van der Waals surface area contributed by atoms with E-state index in [-0.39, 0.29) is 5.78 Å². The quantitative estimate of drug-likeness (QED) is 0.424. The number of benzene rings is 3. The first-order valence-electron chi connectivity index (χ1n) is 11.1. The Morgan fingerprint density at radius 1 is 0.968 bits per heavy atom. The van der Waals surface area contributed by atoms with Crippen molar-refractivity contribution >= 4 is 16.8 Å². The van der Waals surface area contributed by atoms with Crippen LogP contribution in [0.5, 0.6) is 0 Å². The van der Waals surface area contributed by atoms with Gasteiger partial charge in [0, 0.05) is 24.1 Å². The van der Waals surface area contributed by atoms with Crippen molar-refractivity contribution in [1.29, 1.82) is 0 Å². The van der Waals surface area contributed by atoms with Crippen LogP contribution in [-0.2, 0) is 13.0 Å². The Hall–Kier alpha value is -3.24. The van der Waals surface area contributed by atoms with Crippen molar-refractivity contribution in [1.82, 2.24) is 14.9 Å². The summed E-state index contributed by atoms with van der Waals surface area (Å²) in [7, 11) is 0. The fraction of sp³-hybridized carbons (Fsp3) is 0.259. The van der Waals surface area contributed by atoms with Gasteiger partial charge in [-0.2, -0.15) is 0 Å². The molecule has 3 aromatic carbocycles. The molecule has 1 N–H and O–H groups in total. The van der Waals surface area contributed by atoms with Crippen LogP contribution in [0.1, 0.15) is 39.9 Å². The number of carbonyl (C=O) groups excluding carboxylic acids is 1. The first kappa shape index (κ1) is 19.7. The number of hydrogen-bond donors (Lipinski definition) is 1. The normalized spacial score (nSPS) is 14.4. The molecular weight excluding hydrogens is 382 g/mol. The summed E-state index contributed by atoms with van der Waals surface area (Å²) >= 11 is 0. The lowest BCUT2D eigenvalue weighted by molar-refractivity contribution is 0.0993. The molecule has 2 heterocycles. The number of carbonyl (C=O) groups is 1. The second-order valence-electron chi connectivity index (χ2n) is 8.48. The Labute approximate surface area is 182 Å². The van der Waals surface area contributed by atoms with E-state index >= 15 is 0 Å². The molecule has 4 aromatic rings. The number of para-hydroxylation sites is 2. The van der Waals surface area contributed by atoms with Crippen LogP contribution in [0.3, 0.4) is 0 Å². The second-order valence-corrected chi connectivity index (χ2v) is 8.48. The molecule has 31 heavy (non-hydrogen) atoms. The summed E-state index contributed by atoms with van der Waals surface area (Å²) in [4.78, 5) is 23.7. The highest BCUT2D eigenvalue weighted by Crippen LogP contribution is 2.25. The molecule has 5 rings (SSSR count). The standard InChI is InChI=1S/C27H27N3O/c1-19-16-21(12-13-22(19)18-30-14-6-7-15-30)26(31)17-20-8-2-3-9-23(20)27-28-24-10-4-5-11-25(24)29-27/h2-5,8-13,16H,6-7,14-15,17-18H2,1H3,(H,28,29). The number of imidazole rings is 1. The molecule has 1 aliphatic heterocycles. The number of likely N-dealkylation sites (tertiary alicyclic amines) is 1. The van der Waals surface area contributed by atoms with Crippen molar-refractivity contribution in [2.24, 2.45) is 0 Å². The van der Waals surface area contributed by atoms with Crippen molar-refractivity contribution in [3.8, 4) is 11.4 Å². The number of aromatic nitrogens is 2. The smallest absolute Gasteiger partial charge is 0.167 e. The van der Waals surface area contributed by atoms with Crippen molar-refractivity contribution in [2.75, 3.05) is 13.1 Å². The van der Waals surface area contributed by atoms with E-state index in [1.54, 1.807) is 0 Å². The van der Waals surface area contributed by atoms with Crippen LogP contribution in [0.15, 0.2) is 66.7 Å². The summed E-state index contributed by atoms with van der Waals surface area (Å²) in [6, 6.07) is 22.2. The number of ketones is 1. The zero-order valence-corrected chi connectivity index (χ0v) is 17.9. The maximum atomic E-state index is 13.1. The Morgan fingerprint density at radius 3 is 2.55 bits per heavy atom. The second kappa shape index (κ2) is 8.48. The maximum Gasteiger partial charge on any atom is 0.167 e. The summed E-state index contributed by atoms with van der Waals surface area (Å²) in [5.74, 6) is 0.945. The Balaban J connectivity index is 1.37. The van der Waals surface area contributed by atoms with Gasteiger partial charge in [-0.3, -0.25) is 9.69 Å². The molecule has 4 heteroatoms. The number of H-pyrrole nitrogens is 1. The number of Topliss-reactive ketones (excluding diaryl/α,β-unsaturated/α-hetero) is 1. The molecule has 1 saturated heterocycles. The lowest BCUT2D eigenvalue weighted by Gasteiger charge is -2.17. The summed E-state index contributed by atoms with van der Waals surface area (Å²) in [5.41, 5.74) is 7.21. The van der Waals surface area contributed by atoms with Crippen LogP contribution >= 0.6 is 0 Å². The molecule has 0 saturated carbocycles. The number of rotatable bonds is 6. The highest BCUT2D eigenvalue weighted by molar-refractivity contribution is 5.98. The fourth-order valence-corrected chi connectivity index (χ4v) is 4.49. The van der Waals surface area contributed by atoms with Gasteiger partial charge < -0.3 is 4.98 Å². The van der Waals surface area contributed by atoms with Crippen molar-refractivity contribution in [3.63, 3.8) is 0 Å². The summed E-state index contributed by atoms with van der Waals surface area (Å²) < 4.78 is 0. The van der Waals surface area contributed by atoms with E-state index < -0.39 is 0 Å². The average Bonchev–Trinajstić information content (AvgIpc) is 3.45. The monoisotopic (exact) mass is 409 g/mol. The van der Waals surface area contributed by atoms with Crippen molar-refractivity contribution in [2.45, 2.75) is 32.7 Å². The number of nitrogens with zero attached hydrogens (tertiary/aromatic N) is 2. The SMILES string of the molecule is Cc1cc(C(=O)Cc2ccccc2-c2nc3ccccc3[nH]2)ccc1CN1CCCC1. The molecule has 1 fully saturated rings. The van der Waals surface area contributed by atoms with Crippen LogP contribution in [0.25, 0.3) is 22.4 Å². The predicted octanol–water partition coefficient (Wildman–Crippen LogP) is 5.56. The van der Waals surface area contributed by atoms with Crippen LogP contribution in [0, 0.1) is 6.92 Å². The van der Waals surface area contributed by atoms with E-state index in [0.717, 1.165) is 40.1 Å². The van der Waals surface area contributed by atoms with Gasteiger partial charge in [0.2, 0.25) is 0 Å². The van der Waals surface area contributed by atoms with Crippen molar-refractivity contribution < 1.29 is 4.79 Å². The third-order valence-electron chi connectivity index (χ3n) is 6.27. The van der Waals surface area contributed by atoms with Gasteiger partial charge >= 0.3 is 0 Å². The highest BCUT2D eigenvalue weighted by atomic mass is 16.1. The summed E-state index contributed by atoms with van der Waals surface area (Å²) in [5, 5.41) is 0. The minimum Gasteiger partial charge on any atom is -0.338 e. The molecule has 1 aromatic heterocycles. The molecule has 0 unspecified atom stereocenters. The largest absolute Gasteiger partial charge is 0.338 e. The van der Waals surface area contributed by atoms with Crippen LogP contribution < -0.4 is 0 Å². The molecule has 0 aliphatic carbocycles. The third kappa shape index (κ3) is 4.17. The molecule has 0 radical (unpaired) electrons. The van der Waals surface area contributed by atoms with Crippen LogP contribution in [0.4, 0.5) is 0 Å². The van der Waals surface area contributed by atoms with Gasteiger partial charge in [0.25, 0.3) is 0 Å². The Morgan fingerprint density at radius 2 is 1.74 bits per heavy atom. The molecule has 0 atom stereocenters. The van der Waals surface area contributed by atoms with E-state index in [1.165, 1.54) is 37.1 Å². The Bertz CT molecular complexity index is 1200. The van der Waals surface area contributed by atoms with Gasteiger partial charge in [-0.15, -0.1) is 0 Å². The molecule has 4 nitrogen and oxygen atoms in total. The first-order chi connectivity index (χ1) is 15.2. The van der Waals surface area contributed by atoms with Gasteiger partial charge in [0.05, 0.1) is 11.0 Å². The van der Waals surface area contributed by atoms with E-state index in [1.807, 2.05) is 54.6 Å². The van der Waals surface area contributed by atoms with Gasteiger partial charge in [-0.1, -0.05) is 48.5 Å². The van der Waals surface area contributed by atoms with Crippen LogP contribution in [0.2, 0.25) is 0 Å². The topological polar surface area (TPSA) is 49.0 Å². The van der Waals surface area contributed by atoms with E-state index in [0.29, 0.717) is 6.42 Å². The van der Waals surface area contributed by atoms with E-state index in [2.05, 4.69) is 28.9 Å². The molecule has 156 valence electrons. The lowest BCUT2D eigenvalue weighted by Crippen LogP contribution is -2.19. The zero-order valence-electron chi connectivity index (χ0n) is 17.9. The number of nitrogens with one attached hydrogen (secondary N) is 1. The molecule has 0 bridgehead atoms. The molecule has 0 spiro atoms. The van der Waals surface area contributed by atoms with Gasteiger partial charge in [0.1, 0.15) is 5.82 Å². The third-order valence-corrected chi connectivity index (χ3v) is 6.27. The van der Waals surface area contributed by atoms with Gasteiger partial charge in [-0.25, -0.2) is 4.98 Å². The lowest BCUT2D eigenvalue weighted by atomic mass is 9.96. The Kier molecular flexibility index (Phi) is 5.39. The number of fused-ring (bicyclic) bond motifs is 1. The maximum absolute atomic E-state index is 13.1.